The molecule has 4 aliphatic rings. The van der Waals surface area contributed by atoms with Crippen LogP contribution in [0.1, 0.15) is 85.0 Å². The fraction of sp³-hybridized carbons (Fsp3) is 0.957. The molecule has 0 aromatic rings. The van der Waals surface area contributed by atoms with Crippen LogP contribution in [0.2, 0.25) is 0 Å². The number of hydrogen-bond acceptors (Lipinski definition) is 2. The summed E-state index contributed by atoms with van der Waals surface area (Å²) in [4.78, 5) is 11.1. The van der Waals surface area contributed by atoms with Gasteiger partial charge >= 0.3 is 0 Å². The second-order valence-corrected chi connectivity index (χ2v) is 10.6. The summed E-state index contributed by atoms with van der Waals surface area (Å²) in [5.41, 5.74) is 0.832. The topological polar surface area (TPSA) is 37.3 Å². The van der Waals surface area contributed by atoms with Gasteiger partial charge in [-0.05, 0) is 91.3 Å². The molecular weight excluding hydrogens is 308 g/mol. The molecule has 25 heavy (non-hydrogen) atoms. The van der Waals surface area contributed by atoms with Crippen molar-refractivity contribution in [2.45, 2.75) is 91.1 Å². The predicted octanol–water partition coefficient (Wildman–Crippen LogP) is 5.23. The summed E-state index contributed by atoms with van der Waals surface area (Å²) < 4.78 is 0. The Morgan fingerprint density at radius 3 is 2.56 bits per heavy atom. The summed E-state index contributed by atoms with van der Waals surface area (Å²) >= 11 is 0. The van der Waals surface area contributed by atoms with Crippen LogP contribution in [0.5, 0.6) is 0 Å². The van der Waals surface area contributed by atoms with Gasteiger partial charge in [-0.15, -0.1) is 0 Å². The normalized spacial score (nSPS) is 53.4. The minimum absolute atomic E-state index is 0.0778. The van der Waals surface area contributed by atoms with Gasteiger partial charge in [-0.1, -0.05) is 33.6 Å². The molecule has 0 spiro atoms. The van der Waals surface area contributed by atoms with E-state index in [4.69, 9.17) is 0 Å². The Morgan fingerprint density at radius 1 is 1.04 bits per heavy atom. The van der Waals surface area contributed by atoms with Crippen molar-refractivity contribution >= 4 is 6.29 Å². The molecule has 0 heterocycles. The second-order valence-electron chi connectivity index (χ2n) is 10.6. The molecule has 9 atom stereocenters. The van der Waals surface area contributed by atoms with E-state index in [1.807, 2.05) is 0 Å². The fourth-order valence-electron chi connectivity index (χ4n) is 8.55. The maximum atomic E-state index is 11.2. The van der Waals surface area contributed by atoms with E-state index >= 15 is 0 Å². The SMILES string of the molecule is C[C@H](CC=O)C1CCC2C3C(O)CC4CCCCC4(C)C3CCC21C. The third-order valence-electron chi connectivity index (χ3n) is 9.83. The largest absolute Gasteiger partial charge is 0.393 e. The summed E-state index contributed by atoms with van der Waals surface area (Å²) in [6.07, 6.45) is 13.5. The van der Waals surface area contributed by atoms with Crippen LogP contribution in [0.15, 0.2) is 0 Å². The highest BCUT2D eigenvalue weighted by Gasteiger charge is 2.62. The number of aliphatic hydroxyl groups excluding tert-OH is 1. The molecule has 4 fully saturated rings. The van der Waals surface area contributed by atoms with Gasteiger partial charge in [0.25, 0.3) is 0 Å². The molecule has 0 amide bonds. The van der Waals surface area contributed by atoms with Crippen LogP contribution in [-0.2, 0) is 4.79 Å². The van der Waals surface area contributed by atoms with E-state index < -0.39 is 0 Å². The lowest BCUT2D eigenvalue weighted by Gasteiger charge is -2.62. The summed E-state index contributed by atoms with van der Waals surface area (Å²) in [7, 11) is 0. The average Bonchev–Trinajstić information content (AvgIpc) is 2.93. The highest BCUT2D eigenvalue weighted by atomic mass is 16.3. The molecule has 0 aliphatic heterocycles. The van der Waals surface area contributed by atoms with Crippen molar-refractivity contribution in [3.05, 3.63) is 0 Å². The summed E-state index contributed by atoms with van der Waals surface area (Å²) in [6.45, 7) is 7.37. The Morgan fingerprint density at radius 2 is 1.80 bits per heavy atom. The van der Waals surface area contributed by atoms with Crippen molar-refractivity contribution in [1.29, 1.82) is 0 Å². The number of fused-ring (bicyclic) bond motifs is 5. The highest BCUT2D eigenvalue weighted by Crippen LogP contribution is 2.68. The zero-order valence-corrected chi connectivity index (χ0v) is 16.5. The Hall–Kier alpha value is -0.370. The number of aldehydes is 1. The Kier molecular flexibility index (Phi) is 4.58. The van der Waals surface area contributed by atoms with Gasteiger partial charge in [0.1, 0.15) is 6.29 Å². The number of rotatable bonds is 3. The van der Waals surface area contributed by atoms with Gasteiger partial charge in [-0.25, -0.2) is 0 Å². The molecule has 4 rings (SSSR count). The molecule has 0 aromatic carbocycles. The van der Waals surface area contributed by atoms with E-state index in [1.165, 1.54) is 51.4 Å². The molecule has 2 heteroatoms. The Labute approximate surface area is 154 Å². The summed E-state index contributed by atoms with van der Waals surface area (Å²) in [5.74, 6) is 3.87. The van der Waals surface area contributed by atoms with E-state index in [0.717, 1.165) is 24.5 Å². The van der Waals surface area contributed by atoms with Crippen LogP contribution in [0, 0.1) is 46.3 Å². The van der Waals surface area contributed by atoms with Crippen LogP contribution in [-0.4, -0.2) is 17.5 Å². The molecule has 1 N–H and O–H groups in total. The number of aliphatic hydroxyl groups is 1. The Bertz CT molecular complexity index is 516. The van der Waals surface area contributed by atoms with Gasteiger partial charge in [-0.3, -0.25) is 0 Å². The first kappa shape index (κ1) is 18.0. The molecule has 2 nitrogen and oxygen atoms in total. The zero-order valence-electron chi connectivity index (χ0n) is 16.5. The second kappa shape index (κ2) is 6.36. The van der Waals surface area contributed by atoms with Crippen LogP contribution >= 0.6 is 0 Å². The van der Waals surface area contributed by atoms with Gasteiger partial charge < -0.3 is 9.90 Å². The van der Waals surface area contributed by atoms with Gasteiger partial charge in [-0.2, -0.15) is 0 Å². The molecule has 0 aromatic heterocycles. The third kappa shape index (κ3) is 2.57. The van der Waals surface area contributed by atoms with E-state index in [2.05, 4.69) is 20.8 Å². The molecule has 142 valence electrons. The van der Waals surface area contributed by atoms with Crippen LogP contribution < -0.4 is 0 Å². The van der Waals surface area contributed by atoms with Crippen molar-refractivity contribution in [2.24, 2.45) is 46.3 Å². The molecule has 4 aliphatic carbocycles. The first-order valence-electron chi connectivity index (χ1n) is 11.0. The number of hydrogen-bond donors (Lipinski definition) is 1. The predicted molar refractivity (Wildman–Crippen MR) is 101 cm³/mol. The average molecular weight is 347 g/mol. The van der Waals surface area contributed by atoms with E-state index in [1.54, 1.807) is 0 Å². The molecule has 4 saturated carbocycles. The van der Waals surface area contributed by atoms with Gasteiger partial charge in [0, 0.05) is 6.42 Å². The lowest BCUT2D eigenvalue weighted by Crippen LogP contribution is -2.57. The van der Waals surface area contributed by atoms with Gasteiger partial charge in [0.05, 0.1) is 6.10 Å². The fourth-order valence-corrected chi connectivity index (χ4v) is 8.55. The van der Waals surface area contributed by atoms with Crippen molar-refractivity contribution in [3.8, 4) is 0 Å². The standard InChI is InChI=1S/C23H38O2/c1-15(10-13-24)17-7-8-18-21-19(9-12-23(17,18)3)22(2)11-5-4-6-16(22)14-20(21)25/h13,15-21,25H,4-12,14H2,1-3H3/t15-,16?,17?,18?,19?,20?,21?,22?,23?/m1/s1. The van der Waals surface area contributed by atoms with E-state index in [-0.39, 0.29) is 6.10 Å². The Balaban J connectivity index is 1.62. The quantitative estimate of drug-likeness (QED) is 0.710. The van der Waals surface area contributed by atoms with Crippen LogP contribution in [0.3, 0.4) is 0 Å². The molecule has 0 bridgehead atoms. The van der Waals surface area contributed by atoms with Crippen molar-refractivity contribution < 1.29 is 9.90 Å². The molecule has 0 radical (unpaired) electrons. The first-order valence-corrected chi connectivity index (χ1v) is 11.0. The van der Waals surface area contributed by atoms with Gasteiger partial charge in [0.2, 0.25) is 0 Å². The number of carbonyl (C=O) groups excluding carboxylic acids is 1. The van der Waals surface area contributed by atoms with Gasteiger partial charge in [0.15, 0.2) is 0 Å². The van der Waals surface area contributed by atoms with Crippen LogP contribution in [0.25, 0.3) is 0 Å². The smallest absolute Gasteiger partial charge is 0.120 e. The summed E-state index contributed by atoms with van der Waals surface area (Å²) in [5, 5.41) is 11.2. The first-order chi connectivity index (χ1) is 11.9. The maximum absolute atomic E-state index is 11.2. The van der Waals surface area contributed by atoms with Crippen LogP contribution in [0.4, 0.5) is 0 Å². The minimum atomic E-state index is -0.0778. The molecule has 8 unspecified atom stereocenters. The lowest BCUT2D eigenvalue weighted by atomic mass is 9.44. The monoisotopic (exact) mass is 346 g/mol. The third-order valence-corrected chi connectivity index (χ3v) is 9.83. The molecular formula is C23H38O2. The number of carbonyl (C=O) groups is 1. The maximum Gasteiger partial charge on any atom is 0.120 e. The highest BCUT2D eigenvalue weighted by molar-refractivity contribution is 5.49. The van der Waals surface area contributed by atoms with Crippen molar-refractivity contribution in [1.82, 2.24) is 0 Å². The zero-order chi connectivity index (χ0) is 17.8. The van der Waals surface area contributed by atoms with Crippen molar-refractivity contribution in [2.75, 3.05) is 0 Å². The lowest BCUT2D eigenvalue weighted by molar-refractivity contribution is -0.164. The minimum Gasteiger partial charge on any atom is -0.393 e. The van der Waals surface area contributed by atoms with E-state index in [0.29, 0.717) is 40.9 Å². The molecule has 0 saturated heterocycles. The van der Waals surface area contributed by atoms with E-state index in [9.17, 15) is 9.90 Å². The van der Waals surface area contributed by atoms with Crippen molar-refractivity contribution in [3.63, 3.8) is 0 Å². The summed E-state index contributed by atoms with van der Waals surface area (Å²) in [6, 6.07) is 0.